The van der Waals surface area contributed by atoms with Gasteiger partial charge >= 0.3 is 0 Å². The van der Waals surface area contributed by atoms with E-state index in [-0.39, 0.29) is 6.61 Å². The number of halogens is 1. The first kappa shape index (κ1) is 23.8. The molecule has 1 fully saturated rings. The van der Waals surface area contributed by atoms with E-state index in [2.05, 4.69) is 22.0 Å². The Labute approximate surface area is 183 Å². The molecule has 0 aliphatic heterocycles. The van der Waals surface area contributed by atoms with Crippen molar-refractivity contribution in [2.45, 2.75) is 35.5 Å². The van der Waals surface area contributed by atoms with Crippen molar-refractivity contribution < 1.29 is 21.9 Å². The fraction of sp³-hybridized carbons (Fsp3) is 0.444. The first-order chi connectivity index (χ1) is 13.0. The average Bonchev–Trinajstić information content (AvgIpc) is 3.33. The summed E-state index contributed by atoms with van der Waals surface area (Å²) in [5, 5.41) is 12.7. The monoisotopic (exact) mass is 526 g/mol. The van der Waals surface area contributed by atoms with Crippen molar-refractivity contribution in [1.29, 1.82) is 0 Å². The minimum atomic E-state index is -3.15. The maximum atomic E-state index is 11.4. The number of rotatable bonds is 5. The number of thiophene rings is 2. The summed E-state index contributed by atoms with van der Waals surface area (Å²) in [5.74, 6) is 0.538. The maximum Gasteiger partial charge on any atom is 0.176 e. The topological polar surface area (TPSA) is 88.5 Å². The van der Waals surface area contributed by atoms with Gasteiger partial charge in [-0.15, -0.1) is 22.7 Å². The third kappa shape index (κ3) is 7.07. The minimum Gasteiger partial charge on any atom is -0.392 e. The van der Waals surface area contributed by atoms with Crippen molar-refractivity contribution in [1.82, 2.24) is 0 Å². The molecule has 1 saturated carbocycles. The smallest absolute Gasteiger partial charge is 0.176 e. The van der Waals surface area contributed by atoms with E-state index < -0.39 is 19.7 Å². The van der Waals surface area contributed by atoms with E-state index >= 15 is 0 Å². The minimum absolute atomic E-state index is 0.0276. The summed E-state index contributed by atoms with van der Waals surface area (Å²) < 4.78 is 45.4. The van der Waals surface area contributed by atoms with E-state index in [0.717, 1.165) is 14.2 Å². The van der Waals surface area contributed by atoms with Gasteiger partial charge in [0.15, 0.2) is 19.7 Å². The van der Waals surface area contributed by atoms with Crippen LogP contribution in [0.15, 0.2) is 42.5 Å². The Kier molecular flexibility index (Phi) is 8.48. The lowest BCUT2D eigenvalue weighted by atomic mass is 10.0. The predicted octanol–water partition coefficient (Wildman–Crippen LogP) is 4.63. The van der Waals surface area contributed by atoms with Gasteiger partial charge in [-0.2, -0.15) is 0 Å². The van der Waals surface area contributed by atoms with Crippen LogP contribution < -0.4 is 0 Å². The molecule has 2 aromatic heterocycles. The number of aliphatic hydroxyl groups excluding tert-OH is 1. The molecule has 3 rings (SSSR count). The zero-order valence-electron chi connectivity index (χ0n) is 15.6. The molecular formula is C18H23BrO5S4. The van der Waals surface area contributed by atoms with Crippen molar-refractivity contribution in [2.24, 2.45) is 5.92 Å². The van der Waals surface area contributed by atoms with Crippen LogP contribution in [0, 0.1) is 5.92 Å². The second-order valence-electron chi connectivity index (χ2n) is 6.67. The van der Waals surface area contributed by atoms with E-state index in [4.69, 9.17) is 0 Å². The highest BCUT2D eigenvalue weighted by Gasteiger charge is 2.16. The Morgan fingerprint density at radius 1 is 1.07 bits per heavy atom. The van der Waals surface area contributed by atoms with Crippen LogP contribution in [0.4, 0.5) is 0 Å². The number of hydrogen-bond donors (Lipinski definition) is 1. The fourth-order valence-corrected chi connectivity index (χ4v) is 7.25. The molecule has 28 heavy (non-hydrogen) atoms. The lowest BCUT2D eigenvalue weighted by molar-refractivity contribution is 0.349. The van der Waals surface area contributed by atoms with Gasteiger partial charge in [0.2, 0.25) is 0 Å². The fourth-order valence-electron chi connectivity index (χ4n) is 2.79. The van der Waals surface area contributed by atoms with Crippen LogP contribution in [0.25, 0.3) is 5.57 Å². The Hall–Kier alpha value is -0.520. The van der Waals surface area contributed by atoms with Crippen LogP contribution in [0.2, 0.25) is 0 Å². The van der Waals surface area contributed by atoms with Gasteiger partial charge in [-0.1, -0.05) is 18.9 Å². The number of allylic oxidation sites excluding steroid dienone is 1. The van der Waals surface area contributed by atoms with Crippen LogP contribution in [0.3, 0.4) is 0 Å². The third-order valence-corrected chi connectivity index (χ3v) is 9.29. The molecular weight excluding hydrogens is 504 g/mol. The number of sulfone groups is 2. The van der Waals surface area contributed by atoms with Gasteiger partial charge in [-0.05, 0) is 52.4 Å². The highest BCUT2D eigenvalue weighted by atomic mass is 79.9. The van der Waals surface area contributed by atoms with Crippen molar-refractivity contribution >= 4 is 63.9 Å². The van der Waals surface area contributed by atoms with Crippen molar-refractivity contribution in [3.63, 3.8) is 0 Å². The Morgan fingerprint density at radius 2 is 1.61 bits per heavy atom. The SMILES string of the molecule is CS(=O)(=O)c1csc(/C(=C\C2CCCC2)CO)c1.CS(=O)(=O)c1csc(Br)c1. The van der Waals surface area contributed by atoms with Gasteiger partial charge in [-0.3, -0.25) is 0 Å². The van der Waals surface area contributed by atoms with E-state index in [1.54, 1.807) is 22.9 Å². The Balaban J connectivity index is 0.000000237. The van der Waals surface area contributed by atoms with Gasteiger partial charge in [0.1, 0.15) is 0 Å². The summed E-state index contributed by atoms with van der Waals surface area (Å²) in [4.78, 5) is 1.59. The summed E-state index contributed by atoms with van der Waals surface area (Å²) in [7, 11) is -6.15. The van der Waals surface area contributed by atoms with Crippen LogP contribution in [0.1, 0.15) is 30.6 Å². The van der Waals surface area contributed by atoms with Crippen LogP contribution in [-0.2, 0) is 19.7 Å². The number of hydrogen-bond acceptors (Lipinski definition) is 7. The highest BCUT2D eigenvalue weighted by Crippen LogP contribution is 2.31. The molecule has 0 amide bonds. The second-order valence-corrected chi connectivity index (χ2v) is 13.9. The lowest BCUT2D eigenvalue weighted by Crippen LogP contribution is -1.96. The Morgan fingerprint density at radius 3 is 2.00 bits per heavy atom. The van der Waals surface area contributed by atoms with E-state index in [1.165, 1.54) is 60.9 Å². The van der Waals surface area contributed by atoms with Crippen LogP contribution >= 0.6 is 38.6 Å². The third-order valence-electron chi connectivity index (χ3n) is 4.30. The van der Waals surface area contributed by atoms with E-state index in [1.807, 2.05) is 0 Å². The predicted molar refractivity (Wildman–Crippen MR) is 120 cm³/mol. The molecule has 1 aliphatic rings. The first-order valence-electron chi connectivity index (χ1n) is 8.55. The molecule has 0 atom stereocenters. The lowest BCUT2D eigenvalue weighted by Gasteiger charge is -2.06. The van der Waals surface area contributed by atoms with Crippen molar-refractivity contribution in [3.8, 4) is 0 Å². The van der Waals surface area contributed by atoms with Crippen LogP contribution in [-0.4, -0.2) is 41.1 Å². The molecule has 0 unspecified atom stereocenters. The summed E-state index contributed by atoms with van der Waals surface area (Å²) in [6.07, 6.45) is 9.37. The molecule has 2 heterocycles. The van der Waals surface area contributed by atoms with E-state index in [0.29, 0.717) is 15.7 Å². The molecule has 0 bridgehead atoms. The molecule has 0 spiro atoms. The average molecular weight is 528 g/mol. The number of aliphatic hydroxyl groups is 1. The first-order valence-corrected chi connectivity index (χ1v) is 14.9. The Bertz CT molecular complexity index is 1030. The van der Waals surface area contributed by atoms with Crippen LogP contribution in [0.5, 0.6) is 0 Å². The van der Waals surface area contributed by atoms with Gasteiger partial charge in [0.05, 0.1) is 20.2 Å². The maximum absolute atomic E-state index is 11.4. The molecule has 156 valence electrons. The van der Waals surface area contributed by atoms with Gasteiger partial charge in [-0.25, -0.2) is 16.8 Å². The standard InChI is InChI=1S/C13H18O3S2.C5H5BrO2S2/c1-18(15,16)12-7-13(17-9-12)11(8-14)6-10-4-2-3-5-10;1-10(7,8)4-2-5(6)9-3-4/h6-7,9-10,14H,2-5,8H2,1H3;2-3H,1H3/b11-6-;. The molecule has 5 nitrogen and oxygen atoms in total. The largest absolute Gasteiger partial charge is 0.392 e. The zero-order valence-corrected chi connectivity index (χ0v) is 20.4. The summed E-state index contributed by atoms with van der Waals surface area (Å²) in [5.41, 5.74) is 0.863. The highest BCUT2D eigenvalue weighted by molar-refractivity contribution is 9.11. The summed E-state index contributed by atoms with van der Waals surface area (Å²) in [6.45, 7) is -0.0276. The normalized spacial score (nSPS) is 16.1. The summed E-state index contributed by atoms with van der Waals surface area (Å²) in [6, 6.07) is 3.26. The van der Waals surface area contributed by atoms with Gasteiger partial charge in [0, 0.05) is 28.1 Å². The molecule has 0 saturated heterocycles. The zero-order chi connectivity index (χ0) is 20.9. The van der Waals surface area contributed by atoms with Crippen molar-refractivity contribution in [2.75, 3.05) is 19.1 Å². The molecule has 1 aliphatic carbocycles. The van der Waals surface area contributed by atoms with E-state index in [9.17, 15) is 21.9 Å². The molecule has 1 N–H and O–H groups in total. The molecule has 0 radical (unpaired) electrons. The molecule has 10 heteroatoms. The second kappa shape index (κ2) is 9.99. The molecule has 0 aromatic carbocycles. The molecule has 2 aromatic rings. The quantitative estimate of drug-likeness (QED) is 0.613. The van der Waals surface area contributed by atoms with Crippen molar-refractivity contribution in [3.05, 3.63) is 37.6 Å². The van der Waals surface area contributed by atoms with Gasteiger partial charge < -0.3 is 5.11 Å². The summed E-state index contributed by atoms with van der Waals surface area (Å²) >= 11 is 5.93. The van der Waals surface area contributed by atoms with Gasteiger partial charge in [0.25, 0.3) is 0 Å².